The average molecular weight is 225 g/mol. The van der Waals surface area contributed by atoms with E-state index >= 15 is 0 Å². The third-order valence-electron chi connectivity index (χ3n) is 4.14. The predicted octanol–water partition coefficient (Wildman–Crippen LogP) is 2.03. The van der Waals surface area contributed by atoms with Crippen molar-refractivity contribution in [2.75, 3.05) is 13.2 Å². The van der Waals surface area contributed by atoms with Crippen LogP contribution in [0, 0.1) is 5.92 Å². The molecule has 3 heteroatoms. The highest BCUT2D eigenvalue weighted by atomic mass is 16.5. The minimum absolute atomic E-state index is 0.280. The Balaban J connectivity index is 1.85. The van der Waals surface area contributed by atoms with Crippen LogP contribution in [0.5, 0.6) is 0 Å². The van der Waals surface area contributed by atoms with Crippen molar-refractivity contribution in [3.63, 3.8) is 0 Å². The molecule has 0 aromatic carbocycles. The Labute approximate surface area is 97.7 Å². The molecule has 16 heavy (non-hydrogen) atoms. The largest absolute Gasteiger partial charge is 0.381 e. The first-order valence-electron chi connectivity index (χ1n) is 6.61. The quantitative estimate of drug-likeness (QED) is 0.799. The maximum Gasteiger partial charge on any atom is 0.153 e. The molecule has 1 saturated carbocycles. The molecule has 92 valence electrons. The Bertz CT molecular complexity index is 240. The molecule has 0 aromatic rings. The molecule has 2 N–H and O–H groups in total. The van der Waals surface area contributed by atoms with Crippen molar-refractivity contribution in [2.24, 2.45) is 11.7 Å². The zero-order valence-corrected chi connectivity index (χ0v) is 10.0. The second kappa shape index (κ2) is 5.28. The van der Waals surface area contributed by atoms with Gasteiger partial charge in [-0.3, -0.25) is 4.79 Å². The Hall–Kier alpha value is -0.410. The van der Waals surface area contributed by atoms with Gasteiger partial charge in [-0.05, 0) is 18.8 Å². The third kappa shape index (κ3) is 2.83. The van der Waals surface area contributed by atoms with E-state index in [1.807, 2.05) is 0 Å². The van der Waals surface area contributed by atoms with Crippen LogP contribution in [0.3, 0.4) is 0 Å². The van der Waals surface area contributed by atoms with Gasteiger partial charge in [0, 0.05) is 19.6 Å². The molecule has 0 bridgehead atoms. The van der Waals surface area contributed by atoms with Gasteiger partial charge in [0.05, 0.1) is 5.54 Å². The average Bonchev–Trinajstić information content (AvgIpc) is 2.31. The first-order valence-corrected chi connectivity index (χ1v) is 6.61. The maximum atomic E-state index is 12.2. The van der Waals surface area contributed by atoms with E-state index in [0.717, 1.165) is 0 Å². The molecule has 0 spiro atoms. The van der Waals surface area contributed by atoms with E-state index < -0.39 is 5.54 Å². The lowest BCUT2D eigenvalue weighted by Crippen LogP contribution is -2.52. The topological polar surface area (TPSA) is 52.3 Å². The van der Waals surface area contributed by atoms with Crippen LogP contribution in [-0.4, -0.2) is 24.5 Å². The molecule has 3 nitrogen and oxygen atoms in total. The summed E-state index contributed by atoms with van der Waals surface area (Å²) in [7, 11) is 0. The highest BCUT2D eigenvalue weighted by molar-refractivity contribution is 5.88. The summed E-state index contributed by atoms with van der Waals surface area (Å²) in [5.74, 6) is 0.882. The van der Waals surface area contributed by atoms with E-state index in [2.05, 4.69) is 0 Å². The van der Waals surface area contributed by atoms with Crippen LogP contribution in [-0.2, 0) is 9.53 Å². The Morgan fingerprint density at radius 3 is 2.44 bits per heavy atom. The Morgan fingerprint density at radius 2 is 1.81 bits per heavy atom. The minimum atomic E-state index is -0.574. The number of nitrogens with two attached hydrogens (primary N) is 1. The second-order valence-electron chi connectivity index (χ2n) is 5.40. The zero-order valence-electron chi connectivity index (χ0n) is 10.0. The fourth-order valence-electron chi connectivity index (χ4n) is 2.87. The third-order valence-corrected chi connectivity index (χ3v) is 4.14. The number of carbonyl (C=O) groups is 1. The lowest BCUT2D eigenvalue weighted by Gasteiger charge is -2.33. The molecule has 0 amide bonds. The monoisotopic (exact) mass is 225 g/mol. The molecular weight excluding hydrogens is 202 g/mol. The second-order valence-corrected chi connectivity index (χ2v) is 5.40. The number of rotatable bonds is 3. The van der Waals surface area contributed by atoms with Gasteiger partial charge in [-0.15, -0.1) is 0 Å². The van der Waals surface area contributed by atoms with Crippen molar-refractivity contribution in [3.8, 4) is 0 Å². The van der Waals surface area contributed by atoms with E-state index in [9.17, 15) is 4.79 Å². The normalized spacial score (nSPS) is 26.6. The molecule has 1 aliphatic carbocycles. The number of ketones is 1. The van der Waals surface area contributed by atoms with Crippen molar-refractivity contribution in [1.82, 2.24) is 0 Å². The van der Waals surface area contributed by atoms with Crippen LogP contribution in [0.1, 0.15) is 51.4 Å². The van der Waals surface area contributed by atoms with E-state index in [0.29, 0.717) is 38.4 Å². The van der Waals surface area contributed by atoms with Crippen molar-refractivity contribution < 1.29 is 9.53 Å². The van der Waals surface area contributed by atoms with Gasteiger partial charge in [0.2, 0.25) is 0 Å². The SMILES string of the molecule is NC1(C(=O)CC2CCCCC2)CCOCC1. The first-order chi connectivity index (χ1) is 7.71. The van der Waals surface area contributed by atoms with Crippen molar-refractivity contribution >= 4 is 5.78 Å². The summed E-state index contributed by atoms with van der Waals surface area (Å²) in [5.41, 5.74) is 5.62. The Morgan fingerprint density at radius 1 is 1.19 bits per heavy atom. The van der Waals surface area contributed by atoms with Gasteiger partial charge in [-0.1, -0.05) is 32.1 Å². The number of hydrogen-bond donors (Lipinski definition) is 1. The van der Waals surface area contributed by atoms with Crippen LogP contribution in [0.15, 0.2) is 0 Å². The number of carbonyl (C=O) groups excluding carboxylic acids is 1. The van der Waals surface area contributed by atoms with E-state index in [1.54, 1.807) is 0 Å². The van der Waals surface area contributed by atoms with Gasteiger partial charge >= 0.3 is 0 Å². The molecule has 0 atom stereocenters. The number of hydrogen-bond acceptors (Lipinski definition) is 3. The van der Waals surface area contributed by atoms with Gasteiger partial charge in [0.25, 0.3) is 0 Å². The lowest BCUT2D eigenvalue weighted by molar-refractivity contribution is -0.128. The van der Waals surface area contributed by atoms with Crippen molar-refractivity contribution in [2.45, 2.75) is 56.9 Å². The van der Waals surface area contributed by atoms with Crippen LogP contribution >= 0.6 is 0 Å². The highest BCUT2D eigenvalue weighted by Gasteiger charge is 2.36. The first kappa shape index (κ1) is 12.1. The van der Waals surface area contributed by atoms with Crippen LogP contribution in [0.2, 0.25) is 0 Å². The van der Waals surface area contributed by atoms with Crippen LogP contribution < -0.4 is 5.73 Å². The molecule has 0 aromatic heterocycles. The molecule has 0 unspecified atom stereocenters. The van der Waals surface area contributed by atoms with Gasteiger partial charge in [-0.2, -0.15) is 0 Å². The highest BCUT2D eigenvalue weighted by Crippen LogP contribution is 2.29. The van der Waals surface area contributed by atoms with Crippen molar-refractivity contribution in [3.05, 3.63) is 0 Å². The molecule has 1 heterocycles. The summed E-state index contributed by atoms with van der Waals surface area (Å²) in [6, 6.07) is 0. The summed E-state index contributed by atoms with van der Waals surface area (Å²) < 4.78 is 5.27. The van der Waals surface area contributed by atoms with E-state index in [4.69, 9.17) is 10.5 Å². The molecule has 1 aliphatic heterocycles. The van der Waals surface area contributed by atoms with Gasteiger partial charge in [0.15, 0.2) is 5.78 Å². The maximum absolute atomic E-state index is 12.2. The summed E-state index contributed by atoms with van der Waals surface area (Å²) in [5, 5.41) is 0. The minimum Gasteiger partial charge on any atom is -0.381 e. The summed E-state index contributed by atoms with van der Waals surface area (Å²) in [6.45, 7) is 1.29. The molecule has 1 saturated heterocycles. The molecule has 2 rings (SSSR count). The van der Waals surface area contributed by atoms with Gasteiger partial charge < -0.3 is 10.5 Å². The smallest absolute Gasteiger partial charge is 0.153 e. The molecule has 2 fully saturated rings. The molecular formula is C13H23NO2. The summed E-state index contributed by atoms with van der Waals surface area (Å²) in [4.78, 5) is 12.2. The fraction of sp³-hybridized carbons (Fsp3) is 0.923. The summed E-state index contributed by atoms with van der Waals surface area (Å²) in [6.07, 6.45) is 8.48. The number of Topliss-reactive ketones (excluding diaryl/α,β-unsaturated/α-hetero) is 1. The van der Waals surface area contributed by atoms with Gasteiger partial charge in [0.1, 0.15) is 0 Å². The number of ether oxygens (including phenoxy) is 1. The lowest BCUT2D eigenvalue weighted by atomic mass is 9.78. The zero-order chi connectivity index (χ0) is 11.4. The van der Waals surface area contributed by atoms with Crippen molar-refractivity contribution in [1.29, 1.82) is 0 Å². The summed E-state index contributed by atoms with van der Waals surface area (Å²) >= 11 is 0. The fourth-order valence-corrected chi connectivity index (χ4v) is 2.87. The van der Waals surface area contributed by atoms with Crippen LogP contribution in [0.4, 0.5) is 0 Å². The predicted molar refractivity (Wildman–Crippen MR) is 63.2 cm³/mol. The molecule has 2 aliphatic rings. The van der Waals surface area contributed by atoms with Crippen LogP contribution in [0.25, 0.3) is 0 Å². The van der Waals surface area contributed by atoms with E-state index in [-0.39, 0.29) is 5.78 Å². The van der Waals surface area contributed by atoms with Gasteiger partial charge in [-0.25, -0.2) is 0 Å². The Kier molecular flexibility index (Phi) is 3.98. The van der Waals surface area contributed by atoms with E-state index in [1.165, 1.54) is 32.1 Å². The standard InChI is InChI=1S/C13H23NO2/c14-13(6-8-16-9-7-13)12(15)10-11-4-2-1-3-5-11/h11H,1-10,14H2. The molecule has 0 radical (unpaired) electrons.